The van der Waals surface area contributed by atoms with Crippen molar-refractivity contribution >= 4 is 28.1 Å². The Balaban J connectivity index is 2.11. The van der Waals surface area contributed by atoms with Crippen LogP contribution >= 0.6 is 11.3 Å². The van der Waals surface area contributed by atoms with Gasteiger partial charge in [-0.25, -0.2) is 0 Å². The van der Waals surface area contributed by atoms with Gasteiger partial charge in [-0.15, -0.1) is 10.2 Å². The van der Waals surface area contributed by atoms with Crippen molar-refractivity contribution < 1.29 is 0 Å². The van der Waals surface area contributed by atoms with Gasteiger partial charge in [-0.05, 0) is 29.3 Å². The van der Waals surface area contributed by atoms with E-state index in [0.717, 1.165) is 21.7 Å². The number of hydrogen-bond acceptors (Lipinski definition) is 5. The molecule has 0 aliphatic carbocycles. The molecule has 0 fully saturated rings. The Morgan fingerprint density at radius 3 is 2.40 bits per heavy atom. The van der Waals surface area contributed by atoms with E-state index >= 15 is 0 Å². The highest BCUT2D eigenvalue weighted by Gasteiger charge is 2.10. The van der Waals surface area contributed by atoms with E-state index in [4.69, 9.17) is 5.73 Å². The minimum absolute atomic E-state index is 0.469. The lowest BCUT2D eigenvalue weighted by molar-refractivity contribution is 1.08. The Bertz CT molecular complexity index is 720. The van der Waals surface area contributed by atoms with Crippen molar-refractivity contribution in [1.82, 2.24) is 15.2 Å². The maximum Gasteiger partial charge on any atom is 0.203 e. The van der Waals surface area contributed by atoms with Crippen molar-refractivity contribution in [2.24, 2.45) is 0 Å². The highest BCUT2D eigenvalue weighted by Crippen LogP contribution is 2.28. The fourth-order valence-electron chi connectivity index (χ4n) is 1.86. The zero-order valence-electron chi connectivity index (χ0n) is 10.6. The molecule has 2 heterocycles. The van der Waals surface area contributed by atoms with E-state index in [1.54, 1.807) is 12.4 Å². The van der Waals surface area contributed by atoms with Gasteiger partial charge >= 0.3 is 0 Å². The van der Waals surface area contributed by atoms with Crippen LogP contribution in [0.3, 0.4) is 0 Å². The van der Waals surface area contributed by atoms with Crippen LogP contribution in [0.5, 0.6) is 0 Å². The molecule has 0 bridgehead atoms. The van der Waals surface area contributed by atoms with Gasteiger partial charge in [0.15, 0.2) is 0 Å². The number of nitrogens with two attached hydrogens (primary N) is 1. The number of nitrogens with zero attached hydrogens (tertiary/aromatic N) is 3. The van der Waals surface area contributed by atoms with E-state index in [1.165, 1.54) is 11.3 Å². The summed E-state index contributed by atoms with van der Waals surface area (Å²) in [6, 6.07) is 14.0. The summed E-state index contributed by atoms with van der Waals surface area (Å²) < 4.78 is 0. The third kappa shape index (κ3) is 2.73. The number of hydrogen-bond donors (Lipinski definition) is 1. The van der Waals surface area contributed by atoms with Gasteiger partial charge in [0.05, 0.1) is 0 Å². The molecular weight excluding hydrogens is 268 g/mol. The normalized spacial score (nSPS) is 11.5. The average Bonchev–Trinajstić information content (AvgIpc) is 2.93. The number of benzene rings is 1. The molecule has 0 aliphatic rings. The molecular formula is C15H12N4S. The Labute approximate surface area is 120 Å². The first-order valence-corrected chi connectivity index (χ1v) is 6.91. The number of nitrogen functional groups attached to an aromatic ring is 1. The molecule has 0 radical (unpaired) electrons. The molecule has 0 unspecified atom stereocenters. The molecule has 0 saturated carbocycles. The van der Waals surface area contributed by atoms with Crippen LogP contribution in [-0.2, 0) is 0 Å². The molecule has 0 saturated heterocycles. The zero-order valence-corrected chi connectivity index (χ0v) is 11.4. The summed E-state index contributed by atoms with van der Waals surface area (Å²) in [6.45, 7) is 0. The largest absolute Gasteiger partial charge is 0.374 e. The highest BCUT2D eigenvalue weighted by atomic mass is 32.1. The van der Waals surface area contributed by atoms with Crippen molar-refractivity contribution in [3.05, 3.63) is 71.0 Å². The van der Waals surface area contributed by atoms with Gasteiger partial charge in [0.25, 0.3) is 0 Å². The van der Waals surface area contributed by atoms with E-state index < -0.39 is 0 Å². The average molecular weight is 280 g/mol. The molecule has 20 heavy (non-hydrogen) atoms. The Kier molecular flexibility index (Phi) is 3.52. The van der Waals surface area contributed by atoms with Gasteiger partial charge < -0.3 is 5.73 Å². The number of anilines is 1. The van der Waals surface area contributed by atoms with Crippen molar-refractivity contribution in [3.63, 3.8) is 0 Å². The smallest absolute Gasteiger partial charge is 0.203 e. The second kappa shape index (κ2) is 5.63. The number of aromatic nitrogens is 3. The summed E-state index contributed by atoms with van der Waals surface area (Å²) >= 11 is 1.38. The third-order valence-corrected chi connectivity index (χ3v) is 3.56. The predicted octanol–water partition coefficient (Wildman–Crippen LogP) is 3.10. The summed E-state index contributed by atoms with van der Waals surface area (Å²) in [5.74, 6) is 0. The van der Waals surface area contributed by atoms with E-state index in [-0.39, 0.29) is 0 Å². The number of rotatable bonds is 3. The summed E-state index contributed by atoms with van der Waals surface area (Å²) in [6.07, 6.45) is 5.60. The lowest BCUT2D eigenvalue weighted by Gasteiger charge is -2.04. The van der Waals surface area contributed by atoms with Gasteiger partial charge in [-0.1, -0.05) is 41.7 Å². The van der Waals surface area contributed by atoms with Crippen LogP contribution < -0.4 is 5.73 Å². The molecule has 0 atom stereocenters. The minimum Gasteiger partial charge on any atom is -0.374 e. The summed E-state index contributed by atoms with van der Waals surface area (Å²) in [5, 5.41) is 9.33. The standard InChI is InChI=1S/C15H12N4S/c16-15-19-18-14(20-15)13(12-4-2-1-3-5-12)10-11-6-8-17-9-7-11/h1-10H,(H2,16,19)/b13-10+. The van der Waals surface area contributed by atoms with Crippen LogP contribution in [0.1, 0.15) is 16.1 Å². The molecule has 2 N–H and O–H groups in total. The monoisotopic (exact) mass is 280 g/mol. The molecule has 98 valence electrons. The Hall–Kier alpha value is -2.53. The third-order valence-electron chi connectivity index (χ3n) is 2.77. The SMILES string of the molecule is Nc1nnc(/C(=C/c2ccncc2)c2ccccc2)s1. The number of pyridine rings is 1. The molecule has 0 amide bonds. The van der Waals surface area contributed by atoms with Crippen LogP contribution in [0.2, 0.25) is 0 Å². The van der Waals surface area contributed by atoms with Crippen LogP contribution in [0, 0.1) is 0 Å². The van der Waals surface area contributed by atoms with Gasteiger partial charge in [0.1, 0.15) is 5.01 Å². The van der Waals surface area contributed by atoms with Crippen molar-refractivity contribution in [1.29, 1.82) is 0 Å². The van der Waals surface area contributed by atoms with E-state index in [2.05, 4.69) is 21.3 Å². The van der Waals surface area contributed by atoms with E-state index in [0.29, 0.717) is 5.13 Å². The van der Waals surface area contributed by atoms with Crippen molar-refractivity contribution in [2.75, 3.05) is 5.73 Å². The second-order valence-corrected chi connectivity index (χ2v) is 5.16. The van der Waals surface area contributed by atoms with Crippen LogP contribution in [0.15, 0.2) is 54.9 Å². The fourth-order valence-corrected chi connectivity index (χ4v) is 2.50. The molecule has 1 aromatic carbocycles. The second-order valence-electron chi connectivity index (χ2n) is 4.15. The molecule has 3 aromatic rings. The zero-order chi connectivity index (χ0) is 13.8. The first-order chi connectivity index (χ1) is 9.83. The molecule has 5 heteroatoms. The van der Waals surface area contributed by atoms with Gasteiger partial charge in [-0.3, -0.25) is 4.98 Å². The lowest BCUT2D eigenvalue weighted by atomic mass is 10.0. The van der Waals surface area contributed by atoms with Gasteiger partial charge in [-0.2, -0.15) is 0 Å². The first kappa shape index (κ1) is 12.5. The molecule has 2 aromatic heterocycles. The van der Waals surface area contributed by atoms with Gasteiger partial charge in [0, 0.05) is 18.0 Å². The lowest BCUT2D eigenvalue weighted by Crippen LogP contribution is -1.88. The maximum atomic E-state index is 5.70. The van der Waals surface area contributed by atoms with Crippen molar-refractivity contribution in [2.45, 2.75) is 0 Å². The minimum atomic E-state index is 0.469. The van der Waals surface area contributed by atoms with Crippen LogP contribution in [0.25, 0.3) is 11.6 Å². The molecule has 4 nitrogen and oxygen atoms in total. The van der Waals surface area contributed by atoms with E-state index in [9.17, 15) is 0 Å². The summed E-state index contributed by atoms with van der Waals surface area (Å²) in [4.78, 5) is 4.03. The highest BCUT2D eigenvalue weighted by molar-refractivity contribution is 7.16. The van der Waals surface area contributed by atoms with E-state index in [1.807, 2.05) is 42.5 Å². The summed E-state index contributed by atoms with van der Waals surface area (Å²) in [7, 11) is 0. The van der Waals surface area contributed by atoms with Crippen LogP contribution in [0.4, 0.5) is 5.13 Å². The predicted molar refractivity (Wildman–Crippen MR) is 82.0 cm³/mol. The topological polar surface area (TPSA) is 64.7 Å². The molecule has 3 rings (SSSR count). The molecule has 0 aliphatic heterocycles. The maximum absolute atomic E-state index is 5.70. The van der Waals surface area contributed by atoms with Gasteiger partial charge in [0.2, 0.25) is 5.13 Å². The fraction of sp³-hybridized carbons (Fsp3) is 0. The quantitative estimate of drug-likeness (QED) is 0.800. The van der Waals surface area contributed by atoms with Crippen LogP contribution in [-0.4, -0.2) is 15.2 Å². The Morgan fingerprint density at radius 2 is 1.75 bits per heavy atom. The molecule has 0 spiro atoms. The Morgan fingerprint density at radius 1 is 1.00 bits per heavy atom. The van der Waals surface area contributed by atoms with Crippen molar-refractivity contribution in [3.8, 4) is 0 Å². The first-order valence-electron chi connectivity index (χ1n) is 6.09. The summed E-state index contributed by atoms with van der Waals surface area (Å²) in [5.41, 5.74) is 8.85.